The summed E-state index contributed by atoms with van der Waals surface area (Å²) in [4.78, 5) is 18.1. The molecule has 92 valence electrons. The maximum Gasteiger partial charge on any atom is 0.255 e. The molecule has 1 aliphatic rings. The van der Waals surface area contributed by atoms with Crippen molar-refractivity contribution >= 4 is 5.91 Å². The number of pyridine rings is 1. The van der Waals surface area contributed by atoms with Gasteiger partial charge in [-0.3, -0.25) is 9.78 Å². The van der Waals surface area contributed by atoms with Crippen molar-refractivity contribution < 1.29 is 4.79 Å². The SMILES string of the molecule is NCCC1CCCN(C(=O)c2cccnc2)C1. The molecular formula is C13H19N3O. The van der Waals surface area contributed by atoms with Gasteiger partial charge in [0.2, 0.25) is 0 Å². The molecule has 0 spiro atoms. The normalized spacial score (nSPS) is 20.3. The highest BCUT2D eigenvalue weighted by Crippen LogP contribution is 2.20. The Hall–Kier alpha value is -1.42. The Morgan fingerprint density at radius 3 is 3.18 bits per heavy atom. The fourth-order valence-electron chi connectivity index (χ4n) is 2.39. The fraction of sp³-hybridized carbons (Fsp3) is 0.538. The van der Waals surface area contributed by atoms with Crippen LogP contribution in [0.2, 0.25) is 0 Å². The first-order chi connectivity index (χ1) is 8.31. The van der Waals surface area contributed by atoms with Crippen molar-refractivity contribution in [3.8, 4) is 0 Å². The van der Waals surface area contributed by atoms with Crippen LogP contribution in [0.5, 0.6) is 0 Å². The summed E-state index contributed by atoms with van der Waals surface area (Å²) in [6, 6.07) is 3.62. The molecule has 1 amide bonds. The molecule has 0 aliphatic carbocycles. The summed E-state index contributed by atoms with van der Waals surface area (Å²) in [5.41, 5.74) is 6.26. The molecular weight excluding hydrogens is 214 g/mol. The minimum absolute atomic E-state index is 0.0971. The number of likely N-dealkylation sites (tertiary alicyclic amines) is 1. The molecule has 1 unspecified atom stereocenters. The molecule has 1 aromatic heterocycles. The van der Waals surface area contributed by atoms with Crippen molar-refractivity contribution in [1.29, 1.82) is 0 Å². The van der Waals surface area contributed by atoms with Crippen LogP contribution in [0.1, 0.15) is 29.6 Å². The first-order valence-electron chi connectivity index (χ1n) is 6.20. The Kier molecular flexibility index (Phi) is 4.09. The number of nitrogens with two attached hydrogens (primary N) is 1. The second kappa shape index (κ2) is 5.77. The van der Waals surface area contributed by atoms with Crippen LogP contribution in [0, 0.1) is 5.92 Å². The Morgan fingerprint density at radius 2 is 2.47 bits per heavy atom. The van der Waals surface area contributed by atoms with Gasteiger partial charge in [-0.15, -0.1) is 0 Å². The van der Waals surface area contributed by atoms with E-state index in [9.17, 15) is 4.79 Å². The number of nitrogens with zero attached hydrogens (tertiary/aromatic N) is 2. The van der Waals surface area contributed by atoms with Crippen molar-refractivity contribution in [2.24, 2.45) is 11.7 Å². The van der Waals surface area contributed by atoms with Gasteiger partial charge in [-0.1, -0.05) is 0 Å². The molecule has 1 aliphatic heterocycles. The average Bonchev–Trinajstić information content (AvgIpc) is 2.40. The highest BCUT2D eigenvalue weighted by atomic mass is 16.2. The van der Waals surface area contributed by atoms with Crippen LogP contribution in [-0.4, -0.2) is 35.4 Å². The topological polar surface area (TPSA) is 59.2 Å². The van der Waals surface area contributed by atoms with E-state index in [2.05, 4.69) is 4.98 Å². The second-order valence-electron chi connectivity index (χ2n) is 4.58. The Balaban J connectivity index is 2.00. The lowest BCUT2D eigenvalue weighted by atomic mass is 9.94. The molecule has 2 heterocycles. The van der Waals surface area contributed by atoms with Crippen LogP contribution >= 0.6 is 0 Å². The van der Waals surface area contributed by atoms with Crippen molar-refractivity contribution in [1.82, 2.24) is 9.88 Å². The second-order valence-corrected chi connectivity index (χ2v) is 4.58. The minimum Gasteiger partial charge on any atom is -0.338 e. The largest absolute Gasteiger partial charge is 0.338 e. The van der Waals surface area contributed by atoms with Crippen LogP contribution in [0.25, 0.3) is 0 Å². The van der Waals surface area contributed by atoms with E-state index in [1.54, 1.807) is 18.5 Å². The molecule has 1 saturated heterocycles. The van der Waals surface area contributed by atoms with Crippen molar-refractivity contribution in [3.63, 3.8) is 0 Å². The molecule has 4 heteroatoms. The van der Waals surface area contributed by atoms with Gasteiger partial charge in [0.1, 0.15) is 0 Å². The molecule has 0 saturated carbocycles. The standard InChI is InChI=1S/C13H19N3O/c14-6-5-11-3-2-8-16(10-11)13(17)12-4-1-7-15-9-12/h1,4,7,9,11H,2-3,5-6,8,10,14H2. The van der Waals surface area contributed by atoms with E-state index in [1.165, 1.54) is 6.42 Å². The van der Waals surface area contributed by atoms with Crippen molar-refractivity contribution in [2.75, 3.05) is 19.6 Å². The summed E-state index contributed by atoms with van der Waals surface area (Å²) >= 11 is 0. The third-order valence-corrected chi connectivity index (χ3v) is 3.29. The number of amides is 1. The molecule has 1 atom stereocenters. The number of carbonyl (C=O) groups is 1. The Morgan fingerprint density at radius 1 is 1.59 bits per heavy atom. The van der Waals surface area contributed by atoms with Gasteiger partial charge in [0, 0.05) is 25.5 Å². The molecule has 2 rings (SSSR count). The highest BCUT2D eigenvalue weighted by molar-refractivity contribution is 5.93. The Bertz CT molecular complexity index is 364. The van der Waals surface area contributed by atoms with Gasteiger partial charge in [-0.25, -0.2) is 0 Å². The average molecular weight is 233 g/mol. The first-order valence-corrected chi connectivity index (χ1v) is 6.20. The number of hydrogen-bond donors (Lipinski definition) is 1. The minimum atomic E-state index is 0.0971. The number of piperidine rings is 1. The van der Waals surface area contributed by atoms with E-state index in [-0.39, 0.29) is 5.91 Å². The smallest absolute Gasteiger partial charge is 0.255 e. The predicted molar refractivity (Wildman–Crippen MR) is 66.5 cm³/mol. The summed E-state index contributed by atoms with van der Waals surface area (Å²) in [7, 11) is 0. The van der Waals surface area contributed by atoms with Crippen molar-refractivity contribution in [3.05, 3.63) is 30.1 Å². The maximum atomic E-state index is 12.2. The lowest BCUT2D eigenvalue weighted by molar-refractivity contribution is 0.0669. The predicted octanol–water partition coefficient (Wildman–Crippen LogP) is 1.28. The molecule has 0 bridgehead atoms. The zero-order valence-electron chi connectivity index (χ0n) is 10.0. The van der Waals surface area contributed by atoms with Gasteiger partial charge in [0.25, 0.3) is 5.91 Å². The number of carbonyl (C=O) groups excluding carboxylic acids is 1. The van der Waals surface area contributed by atoms with Crippen LogP contribution in [0.4, 0.5) is 0 Å². The molecule has 0 aromatic carbocycles. The fourth-order valence-corrected chi connectivity index (χ4v) is 2.39. The monoisotopic (exact) mass is 233 g/mol. The van der Waals surface area contributed by atoms with Crippen LogP contribution < -0.4 is 5.73 Å². The van der Waals surface area contributed by atoms with E-state index < -0.39 is 0 Å². The zero-order valence-corrected chi connectivity index (χ0v) is 10.0. The van der Waals surface area contributed by atoms with Crippen LogP contribution in [0.3, 0.4) is 0 Å². The van der Waals surface area contributed by atoms with Crippen molar-refractivity contribution in [2.45, 2.75) is 19.3 Å². The first kappa shape index (κ1) is 12.0. The molecule has 0 radical (unpaired) electrons. The summed E-state index contributed by atoms with van der Waals surface area (Å²) in [5, 5.41) is 0. The third-order valence-electron chi connectivity index (χ3n) is 3.29. The molecule has 1 aromatic rings. The number of rotatable bonds is 3. The molecule has 1 fully saturated rings. The Labute approximate surface area is 102 Å². The summed E-state index contributed by atoms with van der Waals surface area (Å²) in [6.07, 6.45) is 6.60. The van der Waals surface area contributed by atoms with Gasteiger partial charge >= 0.3 is 0 Å². The quantitative estimate of drug-likeness (QED) is 0.855. The lowest BCUT2D eigenvalue weighted by Gasteiger charge is -2.32. The van der Waals surface area contributed by atoms with Gasteiger partial charge in [0.05, 0.1) is 5.56 Å². The summed E-state index contributed by atoms with van der Waals surface area (Å²) < 4.78 is 0. The van der Waals surface area contributed by atoms with Gasteiger partial charge in [0.15, 0.2) is 0 Å². The number of aromatic nitrogens is 1. The highest BCUT2D eigenvalue weighted by Gasteiger charge is 2.23. The summed E-state index contributed by atoms with van der Waals surface area (Å²) in [6.45, 7) is 2.40. The molecule has 17 heavy (non-hydrogen) atoms. The molecule has 4 nitrogen and oxygen atoms in total. The molecule has 2 N–H and O–H groups in total. The third kappa shape index (κ3) is 3.03. The van der Waals surface area contributed by atoms with E-state index in [1.807, 2.05) is 11.0 Å². The summed E-state index contributed by atoms with van der Waals surface area (Å²) in [5.74, 6) is 0.661. The van der Waals surface area contributed by atoms with E-state index in [0.717, 1.165) is 25.9 Å². The van der Waals surface area contributed by atoms with Gasteiger partial charge in [-0.2, -0.15) is 0 Å². The van der Waals surface area contributed by atoms with E-state index in [0.29, 0.717) is 18.0 Å². The van der Waals surface area contributed by atoms with E-state index >= 15 is 0 Å². The zero-order chi connectivity index (χ0) is 12.1. The number of hydrogen-bond acceptors (Lipinski definition) is 3. The maximum absolute atomic E-state index is 12.2. The van der Waals surface area contributed by atoms with E-state index in [4.69, 9.17) is 5.73 Å². The van der Waals surface area contributed by atoms with Gasteiger partial charge in [-0.05, 0) is 43.9 Å². The van der Waals surface area contributed by atoms with Crippen LogP contribution in [-0.2, 0) is 0 Å². The lowest BCUT2D eigenvalue weighted by Crippen LogP contribution is -2.40. The van der Waals surface area contributed by atoms with Crippen LogP contribution in [0.15, 0.2) is 24.5 Å². The van der Waals surface area contributed by atoms with Gasteiger partial charge < -0.3 is 10.6 Å².